The number of nitrogens with one attached hydrogen (secondary N) is 9. The Kier molecular flexibility index (Phi) is 34.4. The van der Waals surface area contributed by atoms with Crippen LogP contribution in [-0.4, -0.2) is 266 Å². The molecule has 7 amide bonds. The summed E-state index contributed by atoms with van der Waals surface area (Å²) in [6, 6.07) is 20.3. The fourth-order valence-electron chi connectivity index (χ4n) is 10.8. The minimum atomic E-state index is -1.05. The number of hydrogen-bond donors (Lipinski definition) is 15. The van der Waals surface area contributed by atoms with Gasteiger partial charge < -0.3 is 79.2 Å². The zero-order chi connectivity index (χ0) is 68.9. The van der Waals surface area contributed by atoms with Crippen LogP contribution in [0.4, 0.5) is 10.5 Å². The number of likely N-dealkylation sites (tertiary alicyclic amines) is 1. The number of hydrogen-bond acceptors (Lipinski definition) is 19. The van der Waals surface area contributed by atoms with Crippen molar-refractivity contribution >= 4 is 71.4 Å². The largest absolute Gasteiger partial charge is 0.508 e. The smallest absolute Gasteiger partial charge is 0.344 e. The third kappa shape index (κ3) is 30.4. The number of aliphatic imine (C=N–C) groups is 1. The van der Waals surface area contributed by atoms with Gasteiger partial charge in [-0.15, -0.1) is 0 Å². The number of nitrogens with zero attached hydrogens (tertiary/aromatic N) is 6. The van der Waals surface area contributed by atoms with Crippen LogP contribution in [0.5, 0.6) is 5.75 Å². The number of carboxylic acid groups (broad SMARTS) is 3. The molecule has 31 nitrogen and oxygen atoms in total. The molecular weight excluding hydrogens is 1230 g/mol. The molecule has 31 heteroatoms. The zero-order valence-corrected chi connectivity index (χ0v) is 54.2. The predicted octanol–water partition coefficient (Wildman–Crippen LogP) is -1.56. The SMILES string of the molecule is CCC(=O)NCCNC(=O)/N=C(/N)NCCC[C@@H](NC(=O)[C@H](c1ccccc1)c1ccc(NCCCNC(=O)[C@H](N)CCCNC(=O)CN2CCC(NC(C=O)N3CCN(CC(=O)O)CCN(CC(=O)O)CCN(CC(=O)O)CC3)CC2)cc1)C(=O)NCc1ccc(O)cc1. The quantitative estimate of drug-likeness (QED) is 0.0134. The number of aliphatic carboxylic acids is 3. The van der Waals surface area contributed by atoms with E-state index in [1.54, 1.807) is 33.8 Å². The van der Waals surface area contributed by atoms with Gasteiger partial charge in [-0.25, -0.2) is 4.79 Å². The first kappa shape index (κ1) is 76.9. The van der Waals surface area contributed by atoms with E-state index in [2.05, 4.69) is 52.8 Å². The van der Waals surface area contributed by atoms with Gasteiger partial charge in [-0.1, -0.05) is 61.5 Å². The molecule has 0 radical (unpaired) electrons. The summed E-state index contributed by atoms with van der Waals surface area (Å²) in [4.78, 5) is 138. The summed E-state index contributed by atoms with van der Waals surface area (Å²) in [7, 11) is 0. The first-order valence-electron chi connectivity index (χ1n) is 32.4. The highest BCUT2D eigenvalue weighted by Gasteiger charge is 2.30. The van der Waals surface area contributed by atoms with Crippen molar-refractivity contribution in [2.24, 2.45) is 16.5 Å². The van der Waals surface area contributed by atoms with Crippen molar-refractivity contribution in [3.8, 4) is 5.75 Å². The third-order valence-corrected chi connectivity index (χ3v) is 16.1. The normalized spacial score (nSPS) is 16.4. The molecule has 2 saturated heterocycles. The molecule has 3 aromatic rings. The molecule has 2 fully saturated rings. The van der Waals surface area contributed by atoms with Crippen LogP contribution in [0.3, 0.4) is 0 Å². The van der Waals surface area contributed by atoms with Crippen LogP contribution in [0, 0.1) is 0 Å². The lowest BCUT2D eigenvalue weighted by atomic mass is 9.90. The van der Waals surface area contributed by atoms with E-state index in [9.17, 15) is 68.4 Å². The van der Waals surface area contributed by atoms with Gasteiger partial charge in [-0.3, -0.25) is 68.2 Å². The van der Waals surface area contributed by atoms with Crippen molar-refractivity contribution in [1.29, 1.82) is 0 Å². The fraction of sp³-hybridized carbons (Fsp3) is 0.547. The van der Waals surface area contributed by atoms with E-state index in [4.69, 9.17) is 11.5 Å². The molecule has 5 rings (SSSR count). The number of carbonyl (C=O) groups is 10. The standard InChI is InChI=1S/C64H97N17O14/c1-2-54(84)69-27-28-72-64(95)76-63(66)71-24-7-12-52(61(93)73-39-45-13-19-50(83)20-14-45)75-62(94)59(46-9-4-3-5-10-46)47-15-17-48(18-16-47)67-25-8-26-70-60(92)51(65)11-6-23-68-55(85)40-77-29-21-49(22-30-77)74-53(44-82)81-37-35-79(42-57(88)89)33-31-78(41-56(86)87)32-34-80(36-38-81)43-58(90)91/h3-5,9-10,13-20,44,49,51-53,59,67,74,83H,2,6-8,11-12,21-43,65H2,1H3,(H,68,85)(H,69,84)(H,70,92)(H,73,93)(H,75,94)(H,86,87)(H,88,89)(H,90,91)(H4,66,71,72,76,95)/t51-,52-,53?,59-/m1/s1. The lowest BCUT2D eigenvalue weighted by Crippen LogP contribution is -2.57. The molecular formula is C64H97N17O14. The van der Waals surface area contributed by atoms with E-state index in [1.807, 2.05) is 64.4 Å². The van der Waals surface area contributed by atoms with Gasteiger partial charge in [0, 0.05) is 129 Å². The van der Waals surface area contributed by atoms with Crippen LogP contribution in [0.2, 0.25) is 0 Å². The van der Waals surface area contributed by atoms with Gasteiger partial charge in [-0.2, -0.15) is 4.99 Å². The summed E-state index contributed by atoms with van der Waals surface area (Å²) in [6.07, 6.45) is 3.53. The number of anilines is 1. The maximum absolute atomic E-state index is 14.4. The number of nitrogens with two attached hydrogens (primary N) is 2. The minimum Gasteiger partial charge on any atom is -0.508 e. The number of aromatic hydroxyl groups is 1. The Morgan fingerprint density at radius 2 is 1.11 bits per heavy atom. The van der Waals surface area contributed by atoms with Gasteiger partial charge >= 0.3 is 23.9 Å². The second kappa shape index (κ2) is 42.5. The van der Waals surface area contributed by atoms with E-state index in [-0.39, 0.29) is 147 Å². The van der Waals surface area contributed by atoms with Crippen LogP contribution in [0.25, 0.3) is 0 Å². The summed E-state index contributed by atoms with van der Waals surface area (Å²) in [6.45, 7) is 6.26. The average Bonchev–Trinajstić information content (AvgIpc) is 0.850. The monoisotopic (exact) mass is 1330 g/mol. The Morgan fingerprint density at radius 1 is 0.568 bits per heavy atom. The van der Waals surface area contributed by atoms with E-state index in [0.29, 0.717) is 88.8 Å². The third-order valence-electron chi connectivity index (χ3n) is 16.1. The van der Waals surface area contributed by atoms with Crippen LogP contribution in [0.15, 0.2) is 83.9 Å². The number of rotatable bonds is 37. The van der Waals surface area contributed by atoms with Crippen molar-refractivity contribution in [3.05, 3.63) is 95.6 Å². The van der Waals surface area contributed by atoms with Crippen molar-refractivity contribution in [2.75, 3.05) is 136 Å². The lowest BCUT2D eigenvalue weighted by Gasteiger charge is -2.38. The first-order chi connectivity index (χ1) is 45.7. The number of amides is 7. The molecule has 17 N–H and O–H groups in total. The molecule has 95 heavy (non-hydrogen) atoms. The Labute approximate surface area is 553 Å². The number of carbonyl (C=O) groups excluding carboxylic acids is 7. The summed E-state index contributed by atoms with van der Waals surface area (Å²) in [5.74, 6) is -5.51. The molecule has 2 heterocycles. The molecule has 1 unspecified atom stereocenters. The summed E-state index contributed by atoms with van der Waals surface area (Å²) < 4.78 is 0. The number of phenols is 1. The van der Waals surface area contributed by atoms with Crippen LogP contribution in [0.1, 0.15) is 80.9 Å². The molecule has 0 aliphatic carbocycles. The first-order valence-corrected chi connectivity index (χ1v) is 32.4. The number of aldehydes is 1. The zero-order valence-electron chi connectivity index (χ0n) is 54.2. The van der Waals surface area contributed by atoms with Crippen molar-refractivity contribution in [3.63, 3.8) is 0 Å². The maximum atomic E-state index is 14.4. The lowest BCUT2D eigenvalue weighted by molar-refractivity contribution is -0.140. The molecule has 3 aromatic carbocycles. The molecule has 4 atom stereocenters. The molecule has 0 aromatic heterocycles. The second-order valence-corrected chi connectivity index (χ2v) is 23.4. The molecule has 0 saturated carbocycles. The van der Waals surface area contributed by atoms with Gasteiger partial charge in [-0.05, 0) is 85.9 Å². The Bertz CT molecular complexity index is 2910. The van der Waals surface area contributed by atoms with E-state index in [0.717, 1.165) is 17.5 Å². The number of carboxylic acids is 3. The van der Waals surface area contributed by atoms with Gasteiger partial charge in [0.25, 0.3) is 0 Å². The Balaban J connectivity index is 1.02. The molecule has 522 valence electrons. The molecule has 2 aliphatic rings. The van der Waals surface area contributed by atoms with Crippen LogP contribution < -0.4 is 59.3 Å². The summed E-state index contributed by atoms with van der Waals surface area (Å²) in [5.41, 5.74) is 15.0. The molecule has 2 aliphatic heterocycles. The average molecular weight is 1330 g/mol. The van der Waals surface area contributed by atoms with Gasteiger partial charge in [0.15, 0.2) is 12.2 Å². The molecule has 0 spiro atoms. The topological polar surface area (TPSA) is 440 Å². The minimum absolute atomic E-state index is 0.0751. The van der Waals surface area contributed by atoms with Crippen molar-refractivity contribution < 1.29 is 68.4 Å². The number of guanidine groups is 1. The van der Waals surface area contributed by atoms with Gasteiger partial charge in [0.2, 0.25) is 29.5 Å². The van der Waals surface area contributed by atoms with E-state index >= 15 is 0 Å². The maximum Gasteiger partial charge on any atom is 0.344 e. The van der Waals surface area contributed by atoms with E-state index in [1.165, 1.54) is 12.1 Å². The number of benzene rings is 3. The predicted molar refractivity (Wildman–Crippen MR) is 355 cm³/mol. The van der Waals surface area contributed by atoms with Gasteiger partial charge in [0.05, 0.1) is 38.1 Å². The van der Waals surface area contributed by atoms with Crippen LogP contribution in [-0.2, 0) is 49.7 Å². The van der Waals surface area contributed by atoms with Gasteiger partial charge in [0.1, 0.15) is 18.0 Å². The fourth-order valence-corrected chi connectivity index (χ4v) is 10.8. The number of piperidine rings is 1. The summed E-state index contributed by atoms with van der Waals surface area (Å²) in [5, 5.41) is 64.9. The Hall–Kier alpha value is -8.85. The second-order valence-electron chi connectivity index (χ2n) is 23.4. The highest BCUT2D eigenvalue weighted by Crippen LogP contribution is 2.27. The highest BCUT2D eigenvalue weighted by molar-refractivity contribution is 5.93. The summed E-state index contributed by atoms with van der Waals surface area (Å²) >= 11 is 0. The Morgan fingerprint density at radius 3 is 1.69 bits per heavy atom. The number of urea groups is 1. The molecule has 0 bridgehead atoms. The number of phenolic OH excluding ortho intramolecular Hbond substituents is 1. The van der Waals surface area contributed by atoms with E-state index < -0.39 is 59.9 Å². The van der Waals surface area contributed by atoms with Crippen molar-refractivity contribution in [2.45, 2.75) is 95.0 Å². The van der Waals surface area contributed by atoms with Crippen LogP contribution >= 0.6 is 0 Å². The highest BCUT2D eigenvalue weighted by atomic mass is 16.4. The van der Waals surface area contributed by atoms with Crippen molar-refractivity contribution in [1.82, 2.24) is 67.0 Å².